The van der Waals surface area contributed by atoms with Crippen LogP contribution in [0.4, 0.5) is 0 Å². The van der Waals surface area contributed by atoms with Gasteiger partial charge in [0, 0.05) is 0 Å². The second kappa shape index (κ2) is 7.20. The molecule has 0 aliphatic rings. The van der Waals surface area contributed by atoms with Crippen LogP contribution in [0.3, 0.4) is 0 Å². The van der Waals surface area contributed by atoms with Crippen LogP contribution in [0, 0.1) is 0 Å². The molecule has 9 nitrogen and oxygen atoms in total. The van der Waals surface area contributed by atoms with Gasteiger partial charge in [0.05, 0.1) is 0 Å². The topological polar surface area (TPSA) is 170 Å². The van der Waals surface area contributed by atoms with Crippen LogP contribution >= 0.6 is 0 Å². The number of ether oxygens (including phenoxy) is 1. The molecule has 0 aliphatic carbocycles. The van der Waals surface area contributed by atoms with Crippen molar-refractivity contribution in [3.8, 4) is 0 Å². The zero-order valence-electron chi connectivity index (χ0n) is 6.91. The summed E-state index contributed by atoms with van der Waals surface area (Å²) in [6.45, 7) is -0.522. The van der Waals surface area contributed by atoms with E-state index in [4.69, 9.17) is 17.5 Å². The lowest BCUT2D eigenvalue weighted by Gasteiger charge is -1.94. The summed E-state index contributed by atoms with van der Waals surface area (Å²) in [4.78, 5) is 19.9. The molecule has 84 valence electrons. The van der Waals surface area contributed by atoms with Crippen LogP contribution in [0.15, 0.2) is 0 Å². The highest BCUT2D eigenvalue weighted by Crippen LogP contribution is 1.69. The van der Waals surface area contributed by atoms with Gasteiger partial charge in [-0.25, -0.2) is 0 Å². The van der Waals surface area contributed by atoms with Crippen LogP contribution < -0.4 is 11.5 Å². The van der Waals surface area contributed by atoms with Crippen molar-refractivity contribution in [2.24, 2.45) is 11.5 Å². The summed E-state index contributed by atoms with van der Waals surface area (Å²) in [5.41, 5.74) is 9.33. The normalized spacial score (nSPS) is 9.86. The summed E-state index contributed by atoms with van der Waals surface area (Å²) < 4.78 is 36.0. The highest BCUT2D eigenvalue weighted by molar-refractivity contribution is 7.79. The molecule has 10 heteroatoms. The Labute approximate surface area is 79.6 Å². The van der Waals surface area contributed by atoms with Crippen molar-refractivity contribution in [1.29, 1.82) is 0 Å². The summed E-state index contributed by atoms with van der Waals surface area (Å²) >= 11 is 0. The average Bonchev–Trinajstić information content (AvgIpc) is 1.80. The molecule has 6 N–H and O–H groups in total. The van der Waals surface area contributed by atoms with E-state index in [-0.39, 0.29) is 13.2 Å². The van der Waals surface area contributed by atoms with Gasteiger partial charge in [0.15, 0.2) is 0 Å². The molecule has 0 heterocycles. The van der Waals surface area contributed by atoms with E-state index >= 15 is 0 Å². The number of primary amides is 2. The molecule has 0 fully saturated rings. The van der Waals surface area contributed by atoms with Crippen molar-refractivity contribution in [3.05, 3.63) is 0 Å². The molecule has 0 radical (unpaired) electrons. The van der Waals surface area contributed by atoms with Gasteiger partial charge >= 0.3 is 10.4 Å². The first kappa shape index (κ1) is 15.3. The number of rotatable bonds is 4. The molecule has 0 rings (SSSR count). The van der Waals surface area contributed by atoms with Gasteiger partial charge in [0.2, 0.25) is 11.8 Å². The number of carbonyl (C=O) groups excluding carboxylic acids is 2. The van der Waals surface area contributed by atoms with Crippen molar-refractivity contribution in [2.45, 2.75) is 0 Å². The van der Waals surface area contributed by atoms with Crippen molar-refractivity contribution < 1.29 is 31.8 Å². The standard InChI is InChI=1S/C4H8N2O3.H2O4S/c5-3(7)1-9-2-4(6)8;1-5(2,3)4/h1-2H2,(H2,5,7)(H2,6,8);(H2,1,2,3,4). The molecule has 0 saturated heterocycles. The molecule has 0 aromatic carbocycles. The Morgan fingerprint density at radius 1 is 1.07 bits per heavy atom. The fraction of sp³-hybridized carbons (Fsp3) is 0.500. The molecule has 0 aliphatic heterocycles. The number of amides is 2. The summed E-state index contributed by atoms with van der Waals surface area (Å²) in [5, 5.41) is 0. The predicted molar refractivity (Wildman–Crippen MR) is 43.4 cm³/mol. The minimum absolute atomic E-state index is 0.261. The zero-order valence-corrected chi connectivity index (χ0v) is 7.73. The Kier molecular flexibility index (Phi) is 7.84. The smallest absolute Gasteiger partial charge is 0.368 e. The Bertz CT molecular complexity index is 262. The molecule has 0 unspecified atom stereocenters. The quantitative estimate of drug-likeness (QED) is 0.381. The maximum absolute atomic E-state index is 9.93. The van der Waals surface area contributed by atoms with E-state index in [1.807, 2.05) is 0 Å². The van der Waals surface area contributed by atoms with Gasteiger partial charge < -0.3 is 16.2 Å². The Morgan fingerprint density at radius 2 is 1.29 bits per heavy atom. The number of hydrogen-bond acceptors (Lipinski definition) is 5. The van der Waals surface area contributed by atoms with Gasteiger partial charge in [-0.3, -0.25) is 18.7 Å². The first-order valence-electron chi connectivity index (χ1n) is 2.97. The molecule has 14 heavy (non-hydrogen) atoms. The lowest BCUT2D eigenvalue weighted by Crippen LogP contribution is -2.24. The van der Waals surface area contributed by atoms with Crippen LogP contribution in [0.2, 0.25) is 0 Å². The second-order valence-electron chi connectivity index (χ2n) is 1.87. The monoisotopic (exact) mass is 230 g/mol. The lowest BCUT2D eigenvalue weighted by molar-refractivity contribution is -0.127. The Morgan fingerprint density at radius 3 is 1.43 bits per heavy atom. The molecule has 0 bridgehead atoms. The summed E-state index contributed by atoms with van der Waals surface area (Å²) in [5.74, 6) is -1.23. The fourth-order valence-corrected chi connectivity index (χ4v) is 0.252. The van der Waals surface area contributed by atoms with E-state index in [0.29, 0.717) is 0 Å². The van der Waals surface area contributed by atoms with Crippen LogP contribution in [-0.2, 0) is 24.7 Å². The van der Waals surface area contributed by atoms with Gasteiger partial charge in [-0.1, -0.05) is 0 Å². The number of carbonyl (C=O) groups is 2. The van der Waals surface area contributed by atoms with E-state index in [1.54, 1.807) is 0 Å². The van der Waals surface area contributed by atoms with Crippen LogP contribution in [0.1, 0.15) is 0 Å². The molecule has 0 spiro atoms. The van der Waals surface area contributed by atoms with Crippen molar-refractivity contribution in [1.82, 2.24) is 0 Å². The van der Waals surface area contributed by atoms with Crippen molar-refractivity contribution >= 4 is 22.2 Å². The van der Waals surface area contributed by atoms with E-state index in [2.05, 4.69) is 16.2 Å². The summed E-state index contributed by atoms with van der Waals surface area (Å²) in [6.07, 6.45) is 0. The minimum Gasteiger partial charge on any atom is -0.368 e. The number of nitrogens with two attached hydrogens (primary N) is 2. The molecular weight excluding hydrogens is 220 g/mol. The fourth-order valence-electron chi connectivity index (χ4n) is 0.252. The highest BCUT2D eigenvalue weighted by atomic mass is 32.3. The summed E-state index contributed by atoms with van der Waals surface area (Å²) in [6, 6.07) is 0. The SMILES string of the molecule is NC(=O)COCC(N)=O.O=S(=O)(O)O. The predicted octanol–water partition coefficient (Wildman–Crippen LogP) is -2.68. The molecular formula is C4H10N2O7S. The first-order chi connectivity index (χ1) is 6.13. The minimum atomic E-state index is -4.67. The van der Waals surface area contributed by atoms with E-state index in [1.165, 1.54) is 0 Å². The van der Waals surface area contributed by atoms with Crippen molar-refractivity contribution in [2.75, 3.05) is 13.2 Å². The van der Waals surface area contributed by atoms with Crippen LogP contribution in [0.5, 0.6) is 0 Å². The average molecular weight is 230 g/mol. The molecule has 0 saturated carbocycles. The van der Waals surface area contributed by atoms with Gasteiger partial charge in [0.1, 0.15) is 13.2 Å². The van der Waals surface area contributed by atoms with Gasteiger partial charge in [0.25, 0.3) is 0 Å². The highest BCUT2D eigenvalue weighted by Gasteiger charge is 1.95. The van der Waals surface area contributed by atoms with Crippen molar-refractivity contribution in [3.63, 3.8) is 0 Å². The third-order valence-corrected chi connectivity index (χ3v) is 0.489. The van der Waals surface area contributed by atoms with E-state index in [9.17, 15) is 9.59 Å². The van der Waals surface area contributed by atoms with Crippen LogP contribution in [0.25, 0.3) is 0 Å². The maximum atomic E-state index is 9.93. The largest absolute Gasteiger partial charge is 0.394 e. The second-order valence-corrected chi connectivity index (χ2v) is 2.77. The number of hydrogen-bond donors (Lipinski definition) is 4. The lowest BCUT2D eigenvalue weighted by atomic mass is 10.6. The van der Waals surface area contributed by atoms with Gasteiger partial charge in [-0.05, 0) is 0 Å². The molecule has 0 atom stereocenters. The molecule has 0 aromatic rings. The van der Waals surface area contributed by atoms with E-state index < -0.39 is 22.2 Å². The third-order valence-electron chi connectivity index (χ3n) is 0.489. The van der Waals surface area contributed by atoms with Crippen LogP contribution in [-0.4, -0.2) is 42.6 Å². The first-order valence-corrected chi connectivity index (χ1v) is 4.37. The third kappa shape index (κ3) is 45.2. The summed E-state index contributed by atoms with van der Waals surface area (Å²) in [7, 11) is -4.67. The molecule has 0 aromatic heterocycles. The van der Waals surface area contributed by atoms with Gasteiger partial charge in [-0.2, -0.15) is 8.42 Å². The Hall–Kier alpha value is -1.23. The maximum Gasteiger partial charge on any atom is 0.394 e. The Balaban J connectivity index is 0. The zero-order chi connectivity index (χ0) is 11.8. The molecule has 2 amide bonds. The van der Waals surface area contributed by atoms with E-state index in [0.717, 1.165) is 0 Å². The van der Waals surface area contributed by atoms with Gasteiger partial charge in [-0.15, -0.1) is 0 Å².